The zero-order valence-corrected chi connectivity index (χ0v) is 14.0. The maximum Gasteiger partial charge on any atom is 0.115 e. The number of rotatable bonds is 4. The zero-order chi connectivity index (χ0) is 17.2. The minimum Gasteiger partial charge on any atom is -0.508 e. The van der Waals surface area contributed by atoms with Gasteiger partial charge in [-0.2, -0.15) is 0 Å². The van der Waals surface area contributed by atoms with Gasteiger partial charge in [0.05, 0.1) is 0 Å². The van der Waals surface area contributed by atoms with Crippen molar-refractivity contribution in [1.29, 1.82) is 0 Å². The Balaban J connectivity index is 2.11. The van der Waals surface area contributed by atoms with Crippen LogP contribution in [0.1, 0.15) is 29.2 Å². The Morgan fingerprint density at radius 2 is 1.17 bits per heavy atom. The summed E-state index contributed by atoms with van der Waals surface area (Å²) in [6, 6.07) is 23.2. The predicted molar refractivity (Wildman–Crippen MR) is 97.6 cm³/mol. The third-order valence-electron chi connectivity index (χ3n) is 4.81. The average Bonchev–Trinajstić information content (AvgIpc) is 2.58. The second-order valence-corrected chi connectivity index (χ2v) is 6.53. The highest BCUT2D eigenvalue weighted by molar-refractivity contribution is 5.44. The Morgan fingerprint density at radius 1 is 0.708 bits per heavy atom. The summed E-state index contributed by atoms with van der Waals surface area (Å²) in [6.45, 7) is 4.33. The normalized spacial score (nSPS) is 11.4. The van der Waals surface area contributed by atoms with Gasteiger partial charge in [-0.15, -0.1) is 0 Å². The molecule has 0 heterocycles. The van der Waals surface area contributed by atoms with E-state index in [9.17, 15) is 10.2 Å². The van der Waals surface area contributed by atoms with Gasteiger partial charge in [0.15, 0.2) is 0 Å². The minimum atomic E-state index is -0.256. The molecule has 0 saturated heterocycles. The van der Waals surface area contributed by atoms with Crippen molar-refractivity contribution < 1.29 is 10.2 Å². The molecule has 0 aliphatic heterocycles. The van der Waals surface area contributed by atoms with Crippen LogP contribution in [0.4, 0.5) is 0 Å². The Hall–Kier alpha value is -2.74. The molecule has 0 unspecified atom stereocenters. The molecule has 24 heavy (non-hydrogen) atoms. The maximum absolute atomic E-state index is 9.63. The topological polar surface area (TPSA) is 40.5 Å². The second-order valence-electron chi connectivity index (χ2n) is 6.53. The zero-order valence-electron chi connectivity index (χ0n) is 14.0. The van der Waals surface area contributed by atoms with Gasteiger partial charge in [-0.05, 0) is 59.9 Å². The fourth-order valence-electron chi connectivity index (χ4n) is 3.22. The summed E-state index contributed by atoms with van der Waals surface area (Å²) < 4.78 is 0. The molecule has 0 spiro atoms. The first-order valence-electron chi connectivity index (χ1n) is 8.12. The third kappa shape index (κ3) is 3.13. The highest BCUT2D eigenvalue weighted by Gasteiger charge is 2.29. The molecule has 0 aromatic heterocycles. The van der Waals surface area contributed by atoms with Gasteiger partial charge in [-0.3, -0.25) is 0 Å². The summed E-state index contributed by atoms with van der Waals surface area (Å²) in [5.74, 6) is 0.533. The largest absolute Gasteiger partial charge is 0.508 e. The van der Waals surface area contributed by atoms with Gasteiger partial charge < -0.3 is 10.2 Å². The summed E-state index contributed by atoms with van der Waals surface area (Å²) in [5, 5.41) is 19.3. The molecule has 3 aromatic carbocycles. The smallest absolute Gasteiger partial charge is 0.115 e. The molecule has 0 aliphatic carbocycles. The van der Waals surface area contributed by atoms with Crippen LogP contribution >= 0.6 is 0 Å². The van der Waals surface area contributed by atoms with E-state index in [1.165, 1.54) is 11.1 Å². The standard InChI is InChI=1S/C22H22O2/c1-16-5-3-4-6-17(16)15-22(2,18-7-11-20(23)12-8-18)19-9-13-21(24)14-10-19/h3-14,23-24H,15H2,1-2H3. The lowest BCUT2D eigenvalue weighted by Gasteiger charge is -2.32. The molecule has 2 heteroatoms. The van der Waals surface area contributed by atoms with E-state index in [0.717, 1.165) is 17.5 Å². The van der Waals surface area contributed by atoms with Crippen LogP contribution in [0.15, 0.2) is 72.8 Å². The first kappa shape index (κ1) is 16.1. The summed E-state index contributed by atoms with van der Waals surface area (Å²) in [6.07, 6.45) is 0.842. The van der Waals surface area contributed by atoms with Gasteiger partial charge in [-0.1, -0.05) is 55.5 Å². The van der Waals surface area contributed by atoms with Gasteiger partial charge in [0.2, 0.25) is 0 Å². The minimum absolute atomic E-state index is 0.256. The molecule has 0 bridgehead atoms. The molecule has 0 saturated carbocycles. The van der Waals surface area contributed by atoms with Crippen molar-refractivity contribution in [2.24, 2.45) is 0 Å². The van der Waals surface area contributed by atoms with Gasteiger partial charge in [-0.25, -0.2) is 0 Å². The number of phenolic OH excluding ortho intramolecular Hbond substituents is 2. The van der Waals surface area contributed by atoms with E-state index in [1.807, 2.05) is 24.3 Å². The fraction of sp³-hybridized carbons (Fsp3) is 0.182. The van der Waals surface area contributed by atoms with E-state index in [2.05, 4.69) is 38.1 Å². The average molecular weight is 318 g/mol. The van der Waals surface area contributed by atoms with Gasteiger partial charge >= 0.3 is 0 Å². The van der Waals surface area contributed by atoms with Crippen LogP contribution < -0.4 is 0 Å². The van der Waals surface area contributed by atoms with Crippen molar-refractivity contribution >= 4 is 0 Å². The Morgan fingerprint density at radius 3 is 1.62 bits per heavy atom. The van der Waals surface area contributed by atoms with Crippen molar-refractivity contribution in [3.63, 3.8) is 0 Å². The number of phenols is 2. The molecule has 122 valence electrons. The van der Waals surface area contributed by atoms with Gasteiger partial charge in [0, 0.05) is 5.41 Å². The molecule has 0 aliphatic rings. The number of aryl methyl sites for hydroxylation is 1. The van der Waals surface area contributed by atoms with Crippen LogP contribution in [0.5, 0.6) is 11.5 Å². The van der Waals surface area contributed by atoms with Crippen molar-refractivity contribution in [2.75, 3.05) is 0 Å². The lowest BCUT2D eigenvalue weighted by atomic mass is 9.71. The van der Waals surface area contributed by atoms with Crippen LogP contribution in [0, 0.1) is 6.92 Å². The van der Waals surface area contributed by atoms with Crippen LogP contribution in [-0.4, -0.2) is 10.2 Å². The SMILES string of the molecule is Cc1ccccc1CC(C)(c1ccc(O)cc1)c1ccc(O)cc1. The number of hydrogen-bond acceptors (Lipinski definition) is 2. The van der Waals surface area contributed by atoms with Gasteiger partial charge in [0.25, 0.3) is 0 Å². The van der Waals surface area contributed by atoms with E-state index >= 15 is 0 Å². The van der Waals surface area contributed by atoms with Crippen molar-refractivity contribution in [3.8, 4) is 11.5 Å². The molecule has 2 nitrogen and oxygen atoms in total. The molecular formula is C22H22O2. The number of benzene rings is 3. The van der Waals surface area contributed by atoms with E-state index in [1.54, 1.807) is 24.3 Å². The molecule has 0 atom stereocenters. The third-order valence-corrected chi connectivity index (χ3v) is 4.81. The van der Waals surface area contributed by atoms with Crippen molar-refractivity contribution in [2.45, 2.75) is 25.7 Å². The second kappa shape index (κ2) is 6.40. The highest BCUT2D eigenvalue weighted by atomic mass is 16.3. The Kier molecular flexibility index (Phi) is 4.30. The predicted octanol–water partition coefficient (Wildman–Crippen LogP) is 4.95. The van der Waals surface area contributed by atoms with E-state index in [-0.39, 0.29) is 16.9 Å². The lowest BCUT2D eigenvalue weighted by Crippen LogP contribution is -2.27. The summed E-state index contributed by atoms with van der Waals surface area (Å²) >= 11 is 0. The molecule has 0 fully saturated rings. The van der Waals surface area contributed by atoms with Crippen LogP contribution in [0.3, 0.4) is 0 Å². The lowest BCUT2D eigenvalue weighted by molar-refractivity contribution is 0.473. The number of aromatic hydroxyl groups is 2. The quantitative estimate of drug-likeness (QED) is 0.714. The van der Waals surface area contributed by atoms with E-state index in [4.69, 9.17) is 0 Å². The summed E-state index contributed by atoms with van der Waals surface area (Å²) in [4.78, 5) is 0. The monoisotopic (exact) mass is 318 g/mol. The number of hydrogen-bond donors (Lipinski definition) is 2. The molecule has 0 radical (unpaired) electrons. The van der Waals surface area contributed by atoms with Crippen LogP contribution in [0.25, 0.3) is 0 Å². The van der Waals surface area contributed by atoms with E-state index in [0.29, 0.717) is 0 Å². The first-order chi connectivity index (χ1) is 11.5. The Bertz CT molecular complexity index is 772. The van der Waals surface area contributed by atoms with Crippen molar-refractivity contribution in [1.82, 2.24) is 0 Å². The summed E-state index contributed by atoms with van der Waals surface area (Å²) in [7, 11) is 0. The van der Waals surface area contributed by atoms with Crippen molar-refractivity contribution in [3.05, 3.63) is 95.1 Å². The van der Waals surface area contributed by atoms with E-state index < -0.39 is 0 Å². The van der Waals surface area contributed by atoms with Crippen LogP contribution in [-0.2, 0) is 11.8 Å². The molecular weight excluding hydrogens is 296 g/mol. The molecule has 3 rings (SSSR count). The Labute approximate surface area is 143 Å². The first-order valence-corrected chi connectivity index (χ1v) is 8.12. The highest BCUT2D eigenvalue weighted by Crippen LogP contribution is 2.37. The summed E-state index contributed by atoms with van der Waals surface area (Å²) in [5.41, 5.74) is 4.57. The van der Waals surface area contributed by atoms with Gasteiger partial charge in [0.1, 0.15) is 11.5 Å². The van der Waals surface area contributed by atoms with Crippen LogP contribution in [0.2, 0.25) is 0 Å². The molecule has 3 aromatic rings. The maximum atomic E-state index is 9.63. The molecule has 2 N–H and O–H groups in total. The molecule has 0 amide bonds. The fourth-order valence-corrected chi connectivity index (χ4v) is 3.22.